The molecule has 6 heteroatoms. The molecule has 1 aromatic heterocycles. The predicted molar refractivity (Wildman–Crippen MR) is 101 cm³/mol. The van der Waals surface area contributed by atoms with E-state index < -0.39 is 0 Å². The number of carbonyl (C=O) groups is 1. The van der Waals surface area contributed by atoms with Crippen LogP contribution in [0.15, 0.2) is 30.3 Å². The van der Waals surface area contributed by atoms with E-state index in [9.17, 15) is 9.90 Å². The molecule has 0 spiro atoms. The molecule has 0 saturated heterocycles. The maximum absolute atomic E-state index is 13.4. The molecular formula is C21H27N3O3. The van der Waals surface area contributed by atoms with Gasteiger partial charge in [0.1, 0.15) is 0 Å². The fraction of sp³-hybridized carbons (Fsp3) is 0.524. The molecule has 1 aliphatic carbocycles. The van der Waals surface area contributed by atoms with Gasteiger partial charge in [0.2, 0.25) is 0 Å². The van der Waals surface area contributed by atoms with E-state index in [1.807, 2.05) is 49.1 Å². The number of aliphatic hydroxyl groups excluding tert-OH is 1. The molecule has 4 rings (SSSR count). The van der Waals surface area contributed by atoms with E-state index in [-0.39, 0.29) is 30.1 Å². The van der Waals surface area contributed by atoms with Crippen molar-refractivity contribution < 1.29 is 14.6 Å². The highest BCUT2D eigenvalue weighted by Crippen LogP contribution is 2.46. The van der Waals surface area contributed by atoms with Crippen LogP contribution in [0.2, 0.25) is 0 Å². The molecule has 2 heterocycles. The minimum absolute atomic E-state index is 0.0615. The van der Waals surface area contributed by atoms with Gasteiger partial charge in [-0.3, -0.25) is 9.89 Å². The van der Waals surface area contributed by atoms with Gasteiger partial charge in [-0.1, -0.05) is 30.3 Å². The molecule has 1 aromatic carbocycles. The second kappa shape index (κ2) is 7.09. The Morgan fingerprint density at radius 3 is 2.74 bits per heavy atom. The number of hydrogen-bond donors (Lipinski definition) is 2. The lowest BCUT2D eigenvalue weighted by Crippen LogP contribution is -2.38. The van der Waals surface area contributed by atoms with Gasteiger partial charge in [0.15, 0.2) is 5.69 Å². The molecule has 1 fully saturated rings. The first-order valence-electron chi connectivity index (χ1n) is 9.68. The smallest absolute Gasteiger partial charge is 0.274 e. The largest absolute Gasteiger partial charge is 0.396 e. The number of aliphatic hydroxyl groups is 1. The molecule has 1 aliphatic heterocycles. The number of nitrogens with one attached hydrogen (secondary N) is 1. The molecule has 1 amide bonds. The van der Waals surface area contributed by atoms with Gasteiger partial charge < -0.3 is 14.7 Å². The van der Waals surface area contributed by atoms with Gasteiger partial charge in [0, 0.05) is 30.5 Å². The van der Waals surface area contributed by atoms with Crippen LogP contribution >= 0.6 is 0 Å². The average Bonchev–Trinajstić information content (AvgIpc) is 3.31. The Bertz CT molecular complexity index is 813. The number of aromatic nitrogens is 2. The summed E-state index contributed by atoms with van der Waals surface area (Å²) in [6.07, 6.45) is 2.58. The van der Waals surface area contributed by atoms with Crippen LogP contribution in [0.25, 0.3) is 0 Å². The van der Waals surface area contributed by atoms with Gasteiger partial charge in [-0.15, -0.1) is 0 Å². The second-order valence-corrected chi connectivity index (χ2v) is 8.06. The third-order valence-electron chi connectivity index (χ3n) is 5.76. The average molecular weight is 369 g/mol. The molecule has 6 nitrogen and oxygen atoms in total. The first-order valence-corrected chi connectivity index (χ1v) is 9.68. The number of hydrogen-bond acceptors (Lipinski definition) is 4. The quantitative estimate of drug-likeness (QED) is 0.821. The predicted octanol–water partition coefficient (Wildman–Crippen LogP) is 2.85. The molecule has 144 valence electrons. The van der Waals surface area contributed by atoms with Crippen LogP contribution in [0.5, 0.6) is 0 Å². The van der Waals surface area contributed by atoms with Crippen LogP contribution in [0.4, 0.5) is 0 Å². The number of benzene rings is 1. The van der Waals surface area contributed by atoms with Gasteiger partial charge in [0.25, 0.3) is 5.91 Å². The Kier molecular flexibility index (Phi) is 4.78. The van der Waals surface area contributed by atoms with Crippen LogP contribution in [0.3, 0.4) is 0 Å². The van der Waals surface area contributed by atoms with Crippen molar-refractivity contribution in [2.75, 3.05) is 13.2 Å². The second-order valence-electron chi connectivity index (χ2n) is 8.06. The van der Waals surface area contributed by atoms with Crippen LogP contribution in [0.1, 0.15) is 60.1 Å². The molecule has 2 aromatic rings. The SMILES string of the molecule is C[C@@H]1Cc2c(C(=O)N(Cc3ccccc3)CC3(CO)CC3)n[nH]c2[C@H](C)O1. The van der Waals surface area contributed by atoms with Crippen molar-refractivity contribution in [1.82, 2.24) is 15.1 Å². The highest BCUT2D eigenvalue weighted by atomic mass is 16.5. The fourth-order valence-corrected chi connectivity index (χ4v) is 3.95. The van der Waals surface area contributed by atoms with Crippen molar-refractivity contribution >= 4 is 5.91 Å². The van der Waals surface area contributed by atoms with Crippen molar-refractivity contribution in [3.05, 3.63) is 52.8 Å². The highest BCUT2D eigenvalue weighted by molar-refractivity contribution is 5.94. The number of nitrogens with zero attached hydrogens (tertiary/aromatic N) is 2. The van der Waals surface area contributed by atoms with Gasteiger partial charge in [-0.25, -0.2) is 0 Å². The van der Waals surface area contributed by atoms with Gasteiger partial charge in [0.05, 0.1) is 24.5 Å². The van der Waals surface area contributed by atoms with Crippen LogP contribution in [0, 0.1) is 5.41 Å². The molecule has 0 radical (unpaired) electrons. The van der Waals surface area contributed by atoms with Gasteiger partial charge >= 0.3 is 0 Å². The third kappa shape index (κ3) is 3.64. The molecule has 2 N–H and O–H groups in total. The van der Waals surface area contributed by atoms with E-state index in [0.29, 0.717) is 25.2 Å². The Morgan fingerprint density at radius 1 is 1.33 bits per heavy atom. The number of amides is 1. The highest BCUT2D eigenvalue weighted by Gasteiger charge is 2.45. The summed E-state index contributed by atoms with van der Waals surface area (Å²) >= 11 is 0. The van der Waals surface area contributed by atoms with Crippen molar-refractivity contribution in [2.24, 2.45) is 5.41 Å². The van der Waals surface area contributed by atoms with E-state index >= 15 is 0 Å². The zero-order valence-electron chi connectivity index (χ0n) is 15.9. The first kappa shape index (κ1) is 18.2. The number of H-pyrrole nitrogens is 1. The molecule has 0 bridgehead atoms. The summed E-state index contributed by atoms with van der Waals surface area (Å²) < 4.78 is 5.84. The zero-order valence-corrected chi connectivity index (χ0v) is 15.9. The first-order chi connectivity index (χ1) is 13.0. The molecule has 2 atom stereocenters. The number of rotatable bonds is 6. The Hall–Kier alpha value is -2.18. The maximum Gasteiger partial charge on any atom is 0.274 e. The standard InChI is InChI=1S/C21H27N3O3/c1-14-10-17-18(15(2)27-14)22-23-19(17)20(26)24(12-21(13-25)8-9-21)11-16-6-4-3-5-7-16/h3-7,14-15,25H,8-13H2,1-2H3,(H,22,23)/t14-,15+/m1/s1. The Labute approximate surface area is 159 Å². The Morgan fingerprint density at radius 2 is 2.07 bits per heavy atom. The third-order valence-corrected chi connectivity index (χ3v) is 5.76. The van der Waals surface area contributed by atoms with Crippen LogP contribution < -0.4 is 0 Å². The molecule has 27 heavy (non-hydrogen) atoms. The minimum Gasteiger partial charge on any atom is -0.396 e. The fourth-order valence-electron chi connectivity index (χ4n) is 3.95. The number of aromatic amines is 1. The summed E-state index contributed by atoms with van der Waals surface area (Å²) in [5.41, 5.74) is 3.30. The summed E-state index contributed by atoms with van der Waals surface area (Å²) in [4.78, 5) is 15.3. The lowest BCUT2D eigenvalue weighted by Gasteiger charge is -2.28. The van der Waals surface area contributed by atoms with E-state index in [4.69, 9.17) is 4.74 Å². The van der Waals surface area contributed by atoms with E-state index in [1.54, 1.807) is 0 Å². The molecule has 0 unspecified atom stereocenters. The van der Waals surface area contributed by atoms with Crippen LogP contribution in [-0.2, 0) is 17.7 Å². The Balaban J connectivity index is 1.63. The van der Waals surface area contributed by atoms with Crippen LogP contribution in [-0.4, -0.2) is 45.4 Å². The van der Waals surface area contributed by atoms with Crippen molar-refractivity contribution in [3.8, 4) is 0 Å². The molecule has 1 saturated carbocycles. The topological polar surface area (TPSA) is 78.5 Å². The monoisotopic (exact) mass is 369 g/mol. The number of fused-ring (bicyclic) bond motifs is 1. The van der Waals surface area contributed by atoms with E-state index in [2.05, 4.69) is 10.2 Å². The van der Waals surface area contributed by atoms with E-state index in [0.717, 1.165) is 29.7 Å². The minimum atomic E-state index is -0.148. The summed E-state index contributed by atoms with van der Waals surface area (Å²) in [5.74, 6) is -0.0719. The summed E-state index contributed by atoms with van der Waals surface area (Å²) in [7, 11) is 0. The molecular weight excluding hydrogens is 342 g/mol. The van der Waals surface area contributed by atoms with Crippen molar-refractivity contribution in [2.45, 2.75) is 51.9 Å². The van der Waals surface area contributed by atoms with Gasteiger partial charge in [-0.05, 0) is 32.3 Å². The lowest BCUT2D eigenvalue weighted by molar-refractivity contribution is -0.00703. The summed E-state index contributed by atoms with van der Waals surface area (Å²) in [6.45, 7) is 5.19. The maximum atomic E-state index is 13.4. The number of ether oxygens (including phenoxy) is 1. The van der Waals surface area contributed by atoms with Crippen molar-refractivity contribution in [1.29, 1.82) is 0 Å². The van der Waals surface area contributed by atoms with E-state index in [1.165, 1.54) is 0 Å². The molecule has 2 aliphatic rings. The lowest BCUT2D eigenvalue weighted by atomic mass is 9.98. The van der Waals surface area contributed by atoms with Gasteiger partial charge in [-0.2, -0.15) is 5.10 Å². The number of carbonyl (C=O) groups excluding carboxylic acids is 1. The normalized spacial score (nSPS) is 22.9. The zero-order chi connectivity index (χ0) is 19.0. The summed E-state index contributed by atoms with van der Waals surface area (Å²) in [6, 6.07) is 9.98. The van der Waals surface area contributed by atoms with Crippen molar-refractivity contribution in [3.63, 3.8) is 0 Å². The summed E-state index contributed by atoms with van der Waals surface area (Å²) in [5, 5.41) is 17.1.